The average molecular weight is 742 g/mol. The molecule has 0 N–H and O–H groups in total. The van der Waals surface area contributed by atoms with E-state index >= 15 is 0 Å². The number of pyridine rings is 2. The van der Waals surface area contributed by atoms with Gasteiger partial charge in [-0.1, -0.05) is 109 Å². The molecule has 0 atom stereocenters. The van der Waals surface area contributed by atoms with Gasteiger partial charge in [-0.3, -0.25) is 14.5 Å². The van der Waals surface area contributed by atoms with Gasteiger partial charge in [-0.25, -0.2) is 4.98 Å². The molecule has 0 amide bonds. The Labute approximate surface area is 332 Å². The summed E-state index contributed by atoms with van der Waals surface area (Å²) in [5.41, 5.74) is 9.13. The Bertz CT molecular complexity index is 3510. The van der Waals surface area contributed by atoms with Gasteiger partial charge in [0, 0.05) is 39.3 Å². The zero-order valence-electron chi connectivity index (χ0n) is 31.0. The summed E-state index contributed by atoms with van der Waals surface area (Å²) >= 11 is 0. The van der Waals surface area contributed by atoms with Crippen LogP contribution in [0.3, 0.4) is 0 Å². The van der Waals surface area contributed by atoms with Crippen LogP contribution >= 0.6 is 0 Å². The molecule has 0 fully saturated rings. The SMILES string of the molecule is c1ccc(-c2nc(-c3ccccn3)nc(-n3c4ccccc4c4cc(-c5ccc6c(c5)c5ccccc5n6-c5cc6ccccc6c6ccccc56)ccc43)n2)nc1. The van der Waals surface area contributed by atoms with Gasteiger partial charge >= 0.3 is 0 Å². The van der Waals surface area contributed by atoms with Crippen molar-refractivity contribution in [1.82, 2.24) is 34.1 Å². The van der Waals surface area contributed by atoms with Crippen LogP contribution in [0.4, 0.5) is 0 Å². The highest BCUT2D eigenvalue weighted by Crippen LogP contribution is 2.40. The van der Waals surface area contributed by atoms with E-state index in [1.165, 1.54) is 49.0 Å². The molecule has 7 heteroatoms. The maximum atomic E-state index is 5.03. The highest BCUT2D eigenvalue weighted by atomic mass is 15.2. The summed E-state index contributed by atoms with van der Waals surface area (Å²) in [6.45, 7) is 0. The first-order valence-corrected chi connectivity index (χ1v) is 19.3. The molecule has 0 bridgehead atoms. The van der Waals surface area contributed by atoms with Crippen molar-refractivity contribution < 1.29 is 0 Å². The molecular formula is C51H31N7. The average Bonchev–Trinajstić information content (AvgIpc) is 3.81. The Kier molecular flexibility index (Phi) is 7.09. The van der Waals surface area contributed by atoms with Gasteiger partial charge in [-0.05, 0) is 94.0 Å². The molecule has 7 nitrogen and oxygen atoms in total. The third-order valence-corrected chi connectivity index (χ3v) is 11.3. The van der Waals surface area contributed by atoms with Crippen LogP contribution < -0.4 is 0 Å². The molecule has 0 saturated carbocycles. The number of aromatic nitrogens is 7. The lowest BCUT2D eigenvalue weighted by Gasteiger charge is -2.14. The summed E-state index contributed by atoms with van der Waals surface area (Å²) in [4.78, 5) is 24.0. The van der Waals surface area contributed by atoms with E-state index in [0.29, 0.717) is 29.0 Å². The molecular weight excluding hydrogens is 711 g/mol. The second kappa shape index (κ2) is 12.8. The smallest absolute Gasteiger partial charge is 0.238 e. The van der Waals surface area contributed by atoms with E-state index in [2.05, 4.69) is 159 Å². The Morgan fingerprint density at radius 2 is 0.810 bits per heavy atom. The number of nitrogens with zero attached hydrogens (tertiary/aromatic N) is 7. The molecule has 0 aliphatic heterocycles. The highest BCUT2D eigenvalue weighted by Gasteiger charge is 2.20. The fourth-order valence-corrected chi connectivity index (χ4v) is 8.68. The number of rotatable bonds is 5. The summed E-state index contributed by atoms with van der Waals surface area (Å²) in [6, 6.07) is 62.0. The van der Waals surface area contributed by atoms with Gasteiger partial charge in [0.1, 0.15) is 11.4 Å². The monoisotopic (exact) mass is 741 g/mol. The molecule has 5 aromatic heterocycles. The second-order valence-electron chi connectivity index (χ2n) is 14.5. The minimum atomic E-state index is 0.484. The molecule has 58 heavy (non-hydrogen) atoms. The van der Waals surface area contributed by atoms with Crippen molar-refractivity contribution in [2.45, 2.75) is 0 Å². The molecule has 0 saturated heterocycles. The molecule has 0 unspecified atom stereocenters. The Balaban J connectivity index is 1.05. The van der Waals surface area contributed by atoms with Gasteiger partial charge in [-0.2, -0.15) is 9.97 Å². The van der Waals surface area contributed by atoms with Crippen molar-refractivity contribution in [3.8, 4) is 45.8 Å². The lowest BCUT2D eigenvalue weighted by atomic mass is 9.99. The van der Waals surface area contributed by atoms with Crippen LogP contribution in [0, 0.1) is 0 Å². The van der Waals surface area contributed by atoms with Crippen LogP contribution in [-0.2, 0) is 0 Å². The van der Waals surface area contributed by atoms with Crippen molar-refractivity contribution >= 4 is 65.2 Å². The fraction of sp³-hybridized carbons (Fsp3) is 0. The molecule has 12 rings (SSSR count). The molecule has 0 aliphatic rings. The van der Waals surface area contributed by atoms with Gasteiger partial charge in [0.25, 0.3) is 0 Å². The van der Waals surface area contributed by atoms with Crippen LogP contribution in [0.2, 0.25) is 0 Å². The molecule has 12 aromatic rings. The van der Waals surface area contributed by atoms with Crippen LogP contribution in [0.5, 0.6) is 0 Å². The van der Waals surface area contributed by atoms with E-state index in [1.54, 1.807) is 12.4 Å². The number of para-hydroxylation sites is 2. The predicted molar refractivity (Wildman–Crippen MR) is 235 cm³/mol. The zero-order chi connectivity index (χ0) is 38.2. The van der Waals surface area contributed by atoms with Crippen LogP contribution in [0.25, 0.3) is 111 Å². The highest BCUT2D eigenvalue weighted by molar-refractivity contribution is 6.16. The van der Waals surface area contributed by atoms with Crippen molar-refractivity contribution in [2.24, 2.45) is 0 Å². The number of hydrogen-bond acceptors (Lipinski definition) is 5. The largest absolute Gasteiger partial charge is 0.309 e. The minimum Gasteiger partial charge on any atom is -0.309 e. The molecule has 5 heterocycles. The van der Waals surface area contributed by atoms with E-state index in [0.717, 1.165) is 32.9 Å². The van der Waals surface area contributed by atoms with Crippen molar-refractivity contribution in [3.63, 3.8) is 0 Å². The molecule has 270 valence electrons. The van der Waals surface area contributed by atoms with E-state index < -0.39 is 0 Å². The van der Waals surface area contributed by atoms with E-state index in [4.69, 9.17) is 15.0 Å². The number of fused-ring (bicyclic) bond motifs is 9. The first kappa shape index (κ1) is 32.2. The quantitative estimate of drug-likeness (QED) is 0.164. The van der Waals surface area contributed by atoms with Gasteiger partial charge in [0.15, 0.2) is 11.6 Å². The standard InChI is InChI=1S/C51H31N7/c1-2-14-35-34(13-1)31-48(37-16-4-3-15-36(35)37)57-44-21-7-5-17-38(44)40-29-32(23-25-46(40)57)33-24-26-47-41(30-33)39-18-6-8-22-45(39)58(47)51-55-49(42-19-9-11-27-52-42)54-50(56-51)43-20-10-12-28-53-43/h1-31H. The number of benzene rings is 7. The molecule has 0 radical (unpaired) electrons. The Morgan fingerprint density at radius 1 is 0.328 bits per heavy atom. The number of hydrogen-bond donors (Lipinski definition) is 0. The van der Waals surface area contributed by atoms with Crippen LogP contribution in [0.15, 0.2) is 188 Å². The Morgan fingerprint density at radius 3 is 1.41 bits per heavy atom. The van der Waals surface area contributed by atoms with E-state index in [9.17, 15) is 0 Å². The maximum absolute atomic E-state index is 5.03. The predicted octanol–water partition coefficient (Wildman–Crippen LogP) is 12.2. The second-order valence-corrected chi connectivity index (χ2v) is 14.5. The van der Waals surface area contributed by atoms with E-state index in [1.807, 2.05) is 36.4 Å². The molecule has 7 aromatic carbocycles. The third-order valence-electron chi connectivity index (χ3n) is 11.3. The summed E-state index contributed by atoms with van der Waals surface area (Å²) in [7, 11) is 0. The van der Waals surface area contributed by atoms with Gasteiger partial charge in [0.2, 0.25) is 5.95 Å². The van der Waals surface area contributed by atoms with Crippen molar-refractivity contribution in [1.29, 1.82) is 0 Å². The third kappa shape index (κ3) is 4.97. The summed E-state index contributed by atoms with van der Waals surface area (Å²) < 4.78 is 4.56. The summed E-state index contributed by atoms with van der Waals surface area (Å²) in [6.07, 6.45) is 3.50. The normalized spacial score (nSPS) is 11.8. The van der Waals surface area contributed by atoms with E-state index in [-0.39, 0.29) is 0 Å². The van der Waals surface area contributed by atoms with Gasteiger partial charge < -0.3 is 4.57 Å². The zero-order valence-corrected chi connectivity index (χ0v) is 31.0. The summed E-state index contributed by atoms with van der Waals surface area (Å²) in [5.74, 6) is 1.47. The van der Waals surface area contributed by atoms with Crippen molar-refractivity contribution in [2.75, 3.05) is 0 Å². The topological polar surface area (TPSA) is 74.3 Å². The van der Waals surface area contributed by atoms with Gasteiger partial charge in [-0.15, -0.1) is 0 Å². The van der Waals surface area contributed by atoms with Crippen molar-refractivity contribution in [3.05, 3.63) is 188 Å². The first-order chi connectivity index (χ1) is 28.8. The Hall–Kier alpha value is -8.03. The van der Waals surface area contributed by atoms with Crippen LogP contribution in [0.1, 0.15) is 0 Å². The first-order valence-electron chi connectivity index (χ1n) is 19.3. The lowest BCUT2D eigenvalue weighted by molar-refractivity contribution is 0.943. The minimum absolute atomic E-state index is 0.484. The maximum Gasteiger partial charge on any atom is 0.238 e. The fourth-order valence-electron chi connectivity index (χ4n) is 8.68. The van der Waals surface area contributed by atoms with Crippen LogP contribution in [-0.4, -0.2) is 34.1 Å². The summed E-state index contributed by atoms with van der Waals surface area (Å²) in [5, 5.41) is 9.62. The van der Waals surface area contributed by atoms with Gasteiger partial charge in [0.05, 0.1) is 27.8 Å². The molecule has 0 spiro atoms. The lowest BCUT2D eigenvalue weighted by Crippen LogP contribution is -2.07. The molecule has 0 aliphatic carbocycles.